The van der Waals surface area contributed by atoms with Crippen molar-refractivity contribution >= 4 is 35.3 Å². The van der Waals surface area contributed by atoms with Crippen LogP contribution in [0.15, 0.2) is 29.6 Å². The van der Waals surface area contributed by atoms with Crippen LogP contribution in [0.3, 0.4) is 0 Å². The zero-order valence-corrected chi connectivity index (χ0v) is 14.3. The molecular weight excluding hydrogens is 358 g/mol. The molecule has 2 aromatic rings. The molecule has 4 nitrogen and oxygen atoms in total. The van der Waals surface area contributed by atoms with Crippen molar-refractivity contribution in [1.82, 2.24) is 5.32 Å². The van der Waals surface area contributed by atoms with Crippen molar-refractivity contribution in [2.24, 2.45) is 0 Å². The van der Waals surface area contributed by atoms with Gasteiger partial charge in [0.25, 0.3) is 5.91 Å². The van der Waals surface area contributed by atoms with Gasteiger partial charge in [0.2, 0.25) is 0 Å². The molecule has 1 aliphatic carbocycles. The van der Waals surface area contributed by atoms with E-state index in [9.17, 15) is 13.6 Å². The number of rotatable bonds is 4. The van der Waals surface area contributed by atoms with Crippen molar-refractivity contribution in [2.75, 3.05) is 5.73 Å². The molecule has 0 fully saturated rings. The first-order valence-corrected chi connectivity index (χ1v) is 8.14. The molecule has 0 spiro atoms. The van der Waals surface area contributed by atoms with E-state index >= 15 is 0 Å². The Morgan fingerprint density at radius 3 is 2.92 bits per heavy atom. The van der Waals surface area contributed by atoms with Gasteiger partial charge >= 0.3 is 6.61 Å². The molecule has 24 heavy (non-hydrogen) atoms. The Bertz CT molecular complexity index is 724. The predicted octanol–water partition coefficient (Wildman–Crippen LogP) is 4.16. The lowest BCUT2D eigenvalue weighted by Crippen LogP contribution is -2.30. The highest BCUT2D eigenvalue weighted by atomic mass is 35.5. The Kier molecular flexibility index (Phi) is 6.01. The molecular formula is C16H17ClF2N2O2S. The molecule has 0 saturated carbocycles. The minimum absolute atomic E-state index is 0. The minimum Gasteiger partial charge on any atom is -0.433 e. The maximum Gasteiger partial charge on any atom is 0.387 e. The fourth-order valence-electron chi connectivity index (χ4n) is 2.86. The van der Waals surface area contributed by atoms with Gasteiger partial charge in [-0.25, -0.2) is 0 Å². The summed E-state index contributed by atoms with van der Waals surface area (Å²) in [7, 11) is 0. The summed E-state index contributed by atoms with van der Waals surface area (Å²) in [6.45, 7) is -2.95. The second kappa shape index (κ2) is 7.81. The number of nitrogens with two attached hydrogens (primary N) is 1. The monoisotopic (exact) mass is 374 g/mol. The zero-order valence-electron chi connectivity index (χ0n) is 12.6. The molecule has 1 atom stereocenters. The number of ether oxygens (including phenoxy) is 1. The summed E-state index contributed by atoms with van der Waals surface area (Å²) in [5, 5.41) is 4.47. The summed E-state index contributed by atoms with van der Waals surface area (Å²) in [5.41, 5.74) is 8.65. The quantitative estimate of drug-likeness (QED) is 0.790. The topological polar surface area (TPSA) is 64.3 Å². The molecule has 1 amide bonds. The van der Waals surface area contributed by atoms with E-state index in [1.165, 1.54) is 6.07 Å². The number of halogens is 3. The largest absolute Gasteiger partial charge is 0.433 e. The number of carbonyl (C=O) groups excluding carboxylic acids is 1. The second-order valence-electron chi connectivity index (χ2n) is 5.37. The van der Waals surface area contributed by atoms with Crippen LogP contribution < -0.4 is 15.8 Å². The van der Waals surface area contributed by atoms with Gasteiger partial charge in [-0.2, -0.15) is 8.78 Å². The van der Waals surface area contributed by atoms with Crippen molar-refractivity contribution in [3.05, 3.63) is 45.6 Å². The van der Waals surface area contributed by atoms with Gasteiger partial charge in [-0.05, 0) is 54.0 Å². The van der Waals surface area contributed by atoms with Crippen LogP contribution in [-0.4, -0.2) is 12.5 Å². The van der Waals surface area contributed by atoms with Crippen LogP contribution in [0.25, 0.3) is 0 Å². The molecule has 8 heteroatoms. The summed E-state index contributed by atoms with van der Waals surface area (Å²) in [4.78, 5) is 12.6. The van der Waals surface area contributed by atoms with Gasteiger partial charge in [0.1, 0.15) is 10.6 Å². The molecule has 3 rings (SSSR count). The molecule has 1 heterocycles. The molecule has 1 aromatic heterocycles. The van der Waals surface area contributed by atoms with E-state index in [0.717, 1.165) is 41.7 Å². The molecule has 0 bridgehead atoms. The standard InChI is InChI=1S/C16H16F2N2O2S.ClH/c17-16(18)22-13-6-7-23-14(13)15(21)20-12-3-1-2-9-8-10(19)4-5-11(9)12;/h4-8,12,16H,1-3,19H2,(H,20,21);1H. The summed E-state index contributed by atoms with van der Waals surface area (Å²) in [5.74, 6) is -0.485. The first-order chi connectivity index (χ1) is 11.0. The smallest absolute Gasteiger partial charge is 0.387 e. The summed E-state index contributed by atoms with van der Waals surface area (Å²) in [6, 6.07) is 6.87. The van der Waals surface area contributed by atoms with Crippen molar-refractivity contribution in [3.63, 3.8) is 0 Å². The third-order valence-electron chi connectivity index (χ3n) is 3.84. The Morgan fingerprint density at radius 1 is 1.38 bits per heavy atom. The van der Waals surface area contributed by atoms with Crippen LogP contribution in [0, 0.1) is 0 Å². The highest BCUT2D eigenvalue weighted by Gasteiger charge is 2.25. The highest BCUT2D eigenvalue weighted by molar-refractivity contribution is 7.12. The number of hydrogen-bond acceptors (Lipinski definition) is 4. The van der Waals surface area contributed by atoms with Gasteiger partial charge in [-0.1, -0.05) is 6.07 Å². The maximum absolute atomic E-state index is 12.4. The Labute approximate surface area is 148 Å². The number of hydrogen-bond donors (Lipinski definition) is 2. The van der Waals surface area contributed by atoms with Crippen LogP contribution >= 0.6 is 23.7 Å². The van der Waals surface area contributed by atoms with E-state index < -0.39 is 12.5 Å². The maximum atomic E-state index is 12.4. The molecule has 3 N–H and O–H groups in total. The van der Waals surface area contributed by atoms with Crippen molar-refractivity contribution < 1.29 is 18.3 Å². The zero-order chi connectivity index (χ0) is 16.4. The van der Waals surface area contributed by atoms with Crippen molar-refractivity contribution in [1.29, 1.82) is 0 Å². The number of fused-ring (bicyclic) bond motifs is 1. The van der Waals surface area contributed by atoms with E-state index in [2.05, 4.69) is 10.1 Å². The highest BCUT2D eigenvalue weighted by Crippen LogP contribution is 2.32. The average molecular weight is 375 g/mol. The number of carbonyl (C=O) groups is 1. The van der Waals surface area contributed by atoms with Crippen LogP contribution in [0.5, 0.6) is 5.75 Å². The first kappa shape index (κ1) is 18.5. The Balaban J connectivity index is 0.00000208. The van der Waals surface area contributed by atoms with Crippen LogP contribution in [0.1, 0.15) is 39.7 Å². The molecule has 0 saturated heterocycles. The molecule has 1 aromatic carbocycles. The van der Waals surface area contributed by atoms with Crippen LogP contribution in [0.2, 0.25) is 0 Å². The third kappa shape index (κ3) is 3.96. The van der Waals surface area contributed by atoms with Crippen LogP contribution in [-0.2, 0) is 6.42 Å². The Hall–Kier alpha value is -1.86. The number of alkyl halides is 2. The van der Waals surface area contributed by atoms with Crippen molar-refractivity contribution in [2.45, 2.75) is 31.9 Å². The van der Waals surface area contributed by atoms with Crippen molar-refractivity contribution in [3.8, 4) is 5.75 Å². The number of nitrogen functional groups attached to an aromatic ring is 1. The lowest BCUT2D eigenvalue weighted by Gasteiger charge is -2.26. The number of benzene rings is 1. The SMILES string of the molecule is Cl.Nc1ccc2c(c1)CCCC2NC(=O)c1sccc1OC(F)F. The van der Waals surface area contributed by atoms with Gasteiger partial charge < -0.3 is 15.8 Å². The number of thiophene rings is 1. The molecule has 0 radical (unpaired) electrons. The summed E-state index contributed by atoms with van der Waals surface area (Å²) in [6.07, 6.45) is 2.66. The van der Waals surface area contributed by atoms with E-state index in [1.54, 1.807) is 11.4 Å². The average Bonchev–Trinajstić information content (AvgIpc) is 2.94. The van der Waals surface area contributed by atoms with E-state index in [1.807, 2.05) is 12.1 Å². The molecule has 1 unspecified atom stereocenters. The van der Waals surface area contributed by atoms with Gasteiger partial charge in [0, 0.05) is 5.69 Å². The fraction of sp³-hybridized carbons (Fsp3) is 0.312. The second-order valence-corrected chi connectivity index (χ2v) is 6.29. The molecule has 0 aliphatic heterocycles. The number of nitrogens with one attached hydrogen (secondary N) is 1. The van der Waals surface area contributed by atoms with Gasteiger partial charge in [-0.3, -0.25) is 4.79 Å². The van der Waals surface area contributed by atoms with Crippen LogP contribution in [0.4, 0.5) is 14.5 Å². The number of anilines is 1. The molecule has 130 valence electrons. The Morgan fingerprint density at radius 2 is 2.17 bits per heavy atom. The van der Waals surface area contributed by atoms with E-state index in [4.69, 9.17) is 5.73 Å². The fourth-order valence-corrected chi connectivity index (χ4v) is 3.59. The normalized spacial score (nSPS) is 16.2. The summed E-state index contributed by atoms with van der Waals surface area (Å²) < 4.78 is 29.1. The lowest BCUT2D eigenvalue weighted by molar-refractivity contribution is -0.0498. The predicted molar refractivity (Wildman–Crippen MR) is 92.2 cm³/mol. The minimum atomic E-state index is -2.95. The van der Waals surface area contributed by atoms with E-state index in [-0.39, 0.29) is 29.1 Å². The van der Waals surface area contributed by atoms with E-state index in [0.29, 0.717) is 5.69 Å². The molecule has 1 aliphatic rings. The lowest BCUT2D eigenvalue weighted by atomic mass is 9.87. The van der Waals surface area contributed by atoms with Gasteiger partial charge in [0.05, 0.1) is 6.04 Å². The van der Waals surface area contributed by atoms with Gasteiger partial charge in [-0.15, -0.1) is 23.7 Å². The van der Waals surface area contributed by atoms with Gasteiger partial charge in [0.15, 0.2) is 0 Å². The number of amides is 1. The first-order valence-electron chi connectivity index (χ1n) is 7.26. The summed E-state index contributed by atoms with van der Waals surface area (Å²) >= 11 is 1.08. The number of aryl methyl sites for hydroxylation is 1. The third-order valence-corrected chi connectivity index (χ3v) is 4.73.